The highest BCUT2D eigenvalue weighted by molar-refractivity contribution is 5.89. The third-order valence-electron chi connectivity index (χ3n) is 2.14. The summed E-state index contributed by atoms with van der Waals surface area (Å²) in [5.74, 6) is -1.22. The van der Waals surface area contributed by atoms with Gasteiger partial charge in [0.15, 0.2) is 0 Å². The van der Waals surface area contributed by atoms with Crippen molar-refractivity contribution in [2.45, 2.75) is 0 Å². The highest BCUT2D eigenvalue weighted by Crippen LogP contribution is 2.24. The molecule has 2 aromatic rings. The number of hydrogen-bond donors (Lipinski definition) is 1. The van der Waals surface area contributed by atoms with E-state index in [0.717, 1.165) is 18.2 Å². The first-order valence-corrected chi connectivity index (χ1v) is 4.36. The Bertz CT molecular complexity index is 590. The molecule has 0 saturated carbocycles. The third-order valence-corrected chi connectivity index (χ3v) is 2.14. The van der Waals surface area contributed by atoms with Gasteiger partial charge in [-0.15, -0.1) is 0 Å². The van der Waals surface area contributed by atoms with E-state index in [-0.39, 0.29) is 16.5 Å². The van der Waals surface area contributed by atoms with Crippen molar-refractivity contribution in [1.82, 2.24) is 4.98 Å². The van der Waals surface area contributed by atoms with Crippen LogP contribution in [0.5, 0.6) is 0 Å². The monoisotopic (exact) mass is 224 g/mol. The second kappa shape index (κ2) is 3.73. The van der Waals surface area contributed by atoms with Crippen molar-refractivity contribution in [3.05, 3.63) is 51.8 Å². The van der Waals surface area contributed by atoms with Crippen LogP contribution in [0.2, 0.25) is 0 Å². The molecule has 0 aliphatic carbocycles. The van der Waals surface area contributed by atoms with Crippen molar-refractivity contribution in [3.63, 3.8) is 0 Å². The van der Waals surface area contributed by atoms with Crippen molar-refractivity contribution < 1.29 is 13.7 Å². The second-order valence-corrected chi connectivity index (χ2v) is 3.12. The summed E-state index contributed by atoms with van der Waals surface area (Å²) < 4.78 is 26.6. The SMILES string of the molecule is O=[N+]([O-])C=Cc1c[nH]c2c(F)ccc(F)c12. The van der Waals surface area contributed by atoms with Crippen LogP contribution in [0.15, 0.2) is 24.5 Å². The maximum atomic E-state index is 13.4. The molecule has 1 N–H and O–H groups in total. The average molecular weight is 224 g/mol. The molecule has 0 unspecified atom stereocenters. The van der Waals surface area contributed by atoms with Gasteiger partial charge in [-0.3, -0.25) is 10.1 Å². The Labute approximate surface area is 88.3 Å². The Balaban J connectivity index is 2.64. The lowest BCUT2D eigenvalue weighted by molar-refractivity contribution is -0.400. The Hall–Kier alpha value is -2.24. The molecule has 82 valence electrons. The average Bonchev–Trinajstić information content (AvgIpc) is 2.65. The van der Waals surface area contributed by atoms with E-state index in [1.807, 2.05) is 0 Å². The van der Waals surface area contributed by atoms with Crippen molar-refractivity contribution in [3.8, 4) is 0 Å². The van der Waals surface area contributed by atoms with E-state index >= 15 is 0 Å². The summed E-state index contributed by atoms with van der Waals surface area (Å²) in [7, 11) is 0. The highest BCUT2D eigenvalue weighted by Gasteiger charge is 2.11. The minimum Gasteiger partial charge on any atom is -0.358 e. The van der Waals surface area contributed by atoms with Crippen LogP contribution in [0.25, 0.3) is 17.0 Å². The van der Waals surface area contributed by atoms with E-state index in [1.54, 1.807) is 0 Å². The molecule has 6 heteroatoms. The number of nitrogens with one attached hydrogen (secondary N) is 1. The van der Waals surface area contributed by atoms with Crippen LogP contribution in [0.1, 0.15) is 5.56 Å². The Morgan fingerprint density at radius 2 is 2.00 bits per heavy atom. The minimum absolute atomic E-state index is 0.00278. The third kappa shape index (κ3) is 1.65. The smallest absolute Gasteiger partial charge is 0.235 e. The zero-order valence-corrected chi connectivity index (χ0v) is 7.91. The largest absolute Gasteiger partial charge is 0.358 e. The first kappa shape index (κ1) is 10.3. The summed E-state index contributed by atoms with van der Waals surface area (Å²) in [5, 5.41) is 10.1. The molecule has 1 heterocycles. The maximum Gasteiger partial charge on any atom is 0.235 e. The van der Waals surface area contributed by atoms with Crippen LogP contribution in [0.4, 0.5) is 8.78 Å². The number of hydrogen-bond acceptors (Lipinski definition) is 2. The standard InChI is InChI=1S/C10H6F2N2O2/c11-7-1-2-8(12)10-9(7)6(5-13-10)3-4-14(15)16/h1-5,13H. The van der Waals surface area contributed by atoms with Gasteiger partial charge in [0.2, 0.25) is 6.20 Å². The van der Waals surface area contributed by atoms with E-state index in [2.05, 4.69) is 4.98 Å². The minimum atomic E-state index is -0.671. The molecule has 0 amide bonds. The predicted octanol–water partition coefficient (Wildman–Crippen LogP) is 2.69. The van der Waals surface area contributed by atoms with Gasteiger partial charge in [-0.2, -0.15) is 0 Å². The van der Waals surface area contributed by atoms with E-state index in [1.165, 1.54) is 6.20 Å². The first-order valence-electron chi connectivity index (χ1n) is 4.36. The fourth-order valence-corrected chi connectivity index (χ4v) is 1.47. The molecule has 0 aliphatic rings. The van der Waals surface area contributed by atoms with Gasteiger partial charge < -0.3 is 4.98 Å². The normalized spacial score (nSPS) is 11.4. The van der Waals surface area contributed by atoms with Crippen LogP contribution in [-0.4, -0.2) is 9.91 Å². The Morgan fingerprint density at radius 3 is 2.69 bits per heavy atom. The molecule has 16 heavy (non-hydrogen) atoms. The molecule has 0 saturated heterocycles. The summed E-state index contributed by atoms with van der Waals surface area (Å²) in [6.07, 6.45) is 3.10. The number of H-pyrrole nitrogens is 1. The zero-order valence-electron chi connectivity index (χ0n) is 7.91. The molecule has 0 fully saturated rings. The van der Waals surface area contributed by atoms with Crippen LogP contribution in [-0.2, 0) is 0 Å². The fourth-order valence-electron chi connectivity index (χ4n) is 1.47. The maximum absolute atomic E-state index is 13.4. The van der Waals surface area contributed by atoms with E-state index < -0.39 is 16.6 Å². The number of halogens is 2. The molecule has 0 aliphatic heterocycles. The van der Waals surface area contributed by atoms with Crippen molar-refractivity contribution in [2.24, 2.45) is 0 Å². The fraction of sp³-hybridized carbons (Fsp3) is 0. The Kier molecular flexibility index (Phi) is 2.40. The van der Waals surface area contributed by atoms with Crippen molar-refractivity contribution in [1.29, 1.82) is 0 Å². The van der Waals surface area contributed by atoms with Gasteiger partial charge in [0.05, 0.1) is 10.4 Å². The first-order chi connectivity index (χ1) is 7.59. The van der Waals surface area contributed by atoms with Crippen LogP contribution < -0.4 is 0 Å². The van der Waals surface area contributed by atoms with Gasteiger partial charge in [0.25, 0.3) is 0 Å². The van der Waals surface area contributed by atoms with Crippen LogP contribution in [0, 0.1) is 21.7 Å². The van der Waals surface area contributed by atoms with Gasteiger partial charge in [0.1, 0.15) is 11.6 Å². The lowest BCUT2D eigenvalue weighted by atomic mass is 10.1. The zero-order chi connectivity index (χ0) is 11.7. The number of rotatable bonds is 2. The number of aromatic nitrogens is 1. The molecule has 0 spiro atoms. The predicted molar refractivity (Wildman–Crippen MR) is 54.2 cm³/mol. The second-order valence-electron chi connectivity index (χ2n) is 3.12. The molecule has 1 aromatic carbocycles. The summed E-state index contributed by atoms with van der Waals surface area (Å²) >= 11 is 0. The van der Waals surface area contributed by atoms with Gasteiger partial charge in [-0.25, -0.2) is 8.78 Å². The summed E-state index contributed by atoms with van der Waals surface area (Å²) in [6, 6.07) is 1.98. The highest BCUT2D eigenvalue weighted by atomic mass is 19.1. The van der Waals surface area contributed by atoms with E-state index in [0.29, 0.717) is 6.20 Å². The number of nitro groups is 1. The number of fused-ring (bicyclic) bond motifs is 1. The number of nitrogens with zero attached hydrogens (tertiary/aromatic N) is 1. The topological polar surface area (TPSA) is 58.9 Å². The molecular weight excluding hydrogens is 218 g/mol. The number of aromatic amines is 1. The number of benzene rings is 1. The van der Waals surface area contributed by atoms with Gasteiger partial charge in [-0.05, 0) is 12.1 Å². The quantitative estimate of drug-likeness (QED) is 0.629. The van der Waals surface area contributed by atoms with E-state index in [9.17, 15) is 18.9 Å². The van der Waals surface area contributed by atoms with Gasteiger partial charge >= 0.3 is 0 Å². The molecule has 0 atom stereocenters. The summed E-state index contributed by atoms with van der Waals surface area (Å²) in [6.45, 7) is 0. The van der Waals surface area contributed by atoms with Crippen LogP contribution >= 0.6 is 0 Å². The van der Waals surface area contributed by atoms with Crippen LogP contribution in [0.3, 0.4) is 0 Å². The molecule has 2 rings (SSSR count). The molecule has 4 nitrogen and oxygen atoms in total. The van der Waals surface area contributed by atoms with Crippen molar-refractivity contribution in [2.75, 3.05) is 0 Å². The molecule has 1 aromatic heterocycles. The van der Waals surface area contributed by atoms with Crippen molar-refractivity contribution >= 4 is 17.0 Å². The lowest BCUT2D eigenvalue weighted by Gasteiger charge is -1.95. The molecule has 0 bridgehead atoms. The summed E-state index contributed by atoms with van der Waals surface area (Å²) in [4.78, 5) is 12.0. The molecular formula is C10H6F2N2O2. The summed E-state index contributed by atoms with van der Waals surface area (Å²) in [5.41, 5.74) is 0.242. The van der Waals surface area contributed by atoms with Gasteiger partial charge in [0, 0.05) is 23.2 Å². The lowest BCUT2D eigenvalue weighted by Crippen LogP contribution is -1.84. The molecule has 0 radical (unpaired) electrons. The van der Waals surface area contributed by atoms with Gasteiger partial charge in [-0.1, -0.05) is 0 Å². The van der Waals surface area contributed by atoms with E-state index in [4.69, 9.17) is 0 Å². The Morgan fingerprint density at radius 1 is 1.31 bits per heavy atom.